The Hall–Kier alpha value is -2.30. The lowest BCUT2D eigenvalue weighted by Gasteiger charge is -2.03. The minimum Gasteiger partial charge on any atom is -0.481 e. The van der Waals surface area contributed by atoms with E-state index in [2.05, 4.69) is 12.2 Å². The summed E-state index contributed by atoms with van der Waals surface area (Å²) in [7, 11) is 0. The number of hydrogen-bond acceptors (Lipinski definition) is 3. The Morgan fingerprint density at radius 2 is 2.10 bits per heavy atom. The van der Waals surface area contributed by atoms with Crippen molar-refractivity contribution in [3.8, 4) is 0 Å². The first kappa shape index (κ1) is 15.1. The molecular weight excluding hydrogens is 270 g/mol. The first-order chi connectivity index (χ1) is 10.1. The molecule has 1 heterocycles. The van der Waals surface area contributed by atoms with Crippen LogP contribution in [0.1, 0.15) is 42.1 Å². The fourth-order valence-electron chi connectivity index (χ4n) is 2.17. The van der Waals surface area contributed by atoms with Crippen LogP contribution in [0.3, 0.4) is 0 Å². The molecule has 0 unspecified atom stereocenters. The Kier molecular flexibility index (Phi) is 4.98. The van der Waals surface area contributed by atoms with Gasteiger partial charge in [-0.2, -0.15) is 0 Å². The van der Waals surface area contributed by atoms with Gasteiger partial charge in [-0.15, -0.1) is 0 Å². The van der Waals surface area contributed by atoms with Gasteiger partial charge in [-0.25, -0.2) is 0 Å². The Morgan fingerprint density at radius 1 is 1.29 bits per heavy atom. The molecule has 0 saturated heterocycles. The van der Waals surface area contributed by atoms with Crippen molar-refractivity contribution in [1.82, 2.24) is 5.32 Å². The van der Waals surface area contributed by atoms with Gasteiger partial charge in [-0.1, -0.05) is 13.0 Å². The standard InChI is InChI=1S/C16H19NO4/c1-2-11-6-7-14-12(9-11)13(10-21-14)16(20)17-8-4-3-5-15(18)19/h6-7,9-10H,2-5,8H2,1H3,(H,17,20)(H,18,19). The third-order valence-corrected chi connectivity index (χ3v) is 3.39. The Labute approximate surface area is 122 Å². The SMILES string of the molecule is CCc1ccc2occ(C(=O)NCCCCC(=O)O)c2c1. The zero-order chi connectivity index (χ0) is 15.2. The summed E-state index contributed by atoms with van der Waals surface area (Å²) in [6.07, 6.45) is 3.70. The lowest BCUT2D eigenvalue weighted by Crippen LogP contribution is -2.24. The summed E-state index contributed by atoms with van der Waals surface area (Å²) in [5.41, 5.74) is 2.38. The summed E-state index contributed by atoms with van der Waals surface area (Å²) < 4.78 is 5.39. The number of furan rings is 1. The van der Waals surface area contributed by atoms with Crippen LogP contribution in [0, 0.1) is 0 Å². The molecular formula is C16H19NO4. The van der Waals surface area contributed by atoms with Crippen LogP contribution in [0.15, 0.2) is 28.9 Å². The number of unbranched alkanes of at least 4 members (excludes halogenated alkanes) is 1. The van der Waals surface area contributed by atoms with E-state index in [0.29, 0.717) is 30.5 Å². The van der Waals surface area contributed by atoms with Crippen molar-refractivity contribution >= 4 is 22.8 Å². The molecule has 2 aromatic rings. The van der Waals surface area contributed by atoms with E-state index in [1.807, 2.05) is 18.2 Å². The smallest absolute Gasteiger partial charge is 0.303 e. The van der Waals surface area contributed by atoms with Gasteiger partial charge in [0, 0.05) is 18.4 Å². The van der Waals surface area contributed by atoms with E-state index in [1.165, 1.54) is 6.26 Å². The van der Waals surface area contributed by atoms with Crippen LogP contribution in [0.25, 0.3) is 11.0 Å². The normalized spacial score (nSPS) is 10.7. The molecule has 0 atom stereocenters. The van der Waals surface area contributed by atoms with Crippen LogP contribution in [0.5, 0.6) is 0 Å². The summed E-state index contributed by atoms with van der Waals surface area (Å²) in [4.78, 5) is 22.5. The van der Waals surface area contributed by atoms with Crippen LogP contribution >= 0.6 is 0 Å². The zero-order valence-electron chi connectivity index (χ0n) is 12.0. The molecule has 112 valence electrons. The molecule has 0 radical (unpaired) electrons. The Bertz CT molecular complexity index is 645. The highest BCUT2D eigenvalue weighted by Crippen LogP contribution is 2.22. The van der Waals surface area contributed by atoms with Crippen LogP contribution in [0.2, 0.25) is 0 Å². The topological polar surface area (TPSA) is 79.5 Å². The number of rotatable bonds is 7. The van der Waals surface area contributed by atoms with Crippen molar-refractivity contribution in [2.45, 2.75) is 32.6 Å². The number of aliphatic carboxylic acids is 1. The fourth-order valence-corrected chi connectivity index (χ4v) is 2.17. The number of carbonyl (C=O) groups is 2. The van der Waals surface area contributed by atoms with Gasteiger partial charge in [0.15, 0.2) is 0 Å². The van der Waals surface area contributed by atoms with Crippen molar-refractivity contribution in [2.75, 3.05) is 6.54 Å². The van der Waals surface area contributed by atoms with Crippen LogP contribution in [-0.2, 0) is 11.2 Å². The number of carbonyl (C=O) groups excluding carboxylic acids is 1. The second-order valence-corrected chi connectivity index (χ2v) is 4.94. The molecule has 1 amide bonds. The summed E-state index contributed by atoms with van der Waals surface area (Å²) >= 11 is 0. The third kappa shape index (κ3) is 3.84. The number of aryl methyl sites for hydroxylation is 1. The largest absolute Gasteiger partial charge is 0.481 e. The monoisotopic (exact) mass is 289 g/mol. The number of nitrogens with one attached hydrogen (secondary N) is 1. The molecule has 1 aromatic carbocycles. The molecule has 0 bridgehead atoms. The summed E-state index contributed by atoms with van der Waals surface area (Å²) in [5.74, 6) is -0.994. The number of fused-ring (bicyclic) bond motifs is 1. The number of carboxylic acids is 1. The molecule has 0 saturated carbocycles. The zero-order valence-corrected chi connectivity index (χ0v) is 12.0. The third-order valence-electron chi connectivity index (χ3n) is 3.39. The van der Waals surface area contributed by atoms with E-state index >= 15 is 0 Å². The molecule has 0 aliphatic carbocycles. The van der Waals surface area contributed by atoms with Crippen molar-refractivity contribution < 1.29 is 19.1 Å². The number of carboxylic acid groups (broad SMARTS) is 1. The quantitative estimate of drug-likeness (QED) is 0.768. The second kappa shape index (κ2) is 6.92. The van der Waals surface area contributed by atoms with E-state index in [4.69, 9.17) is 9.52 Å². The average molecular weight is 289 g/mol. The van der Waals surface area contributed by atoms with E-state index in [1.54, 1.807) is 0 Å². The van der Waals surface area contributed by atoms with Crippen LogP contribution in [0.4, 0.5) is 0 Å². The van der Waals surface area contributed by atoms with E-state index < -0.39 is 5.97 Å². The van der Waals surface area contributed by atoms with E-state index in [-0.39, 0.29) is 12.3 Å². The second-order valence-electron chi connectivity index (χ2n) is 4.94. The number of hydrogen-bond donors (Lipinski definition) is 2. The molecule has 0 aliphatic heterocycles. The highest BCUT2D eigenvalue weighted by atomic mass is 16.4. The van der Waals surface area contributed by atoms with Gasteiger partial charge in [0.1, 0.15) is 11.8 Å². The number of amides is 1. The molecule has 2 rings (SSSR count). The number of benzene rings is 1. The molecule has 21 heavy (non-hydrogen) atoms. The maximum Gasteiger partial charge on any atom is 0.303 e. The Balaban J connectivity index is 1.97. The predicted molar refractivity (Wildman–Crippen MR) is 79.4 cm³/mol. The summed E-state index contributed by atoms with van der Waals surface area (Å²) in [6.45, 7) is 2.52. The van der Waals surface area contributed by atoms with Gasteiger partial charge in [0.05, 0.1) is 5.56 Å². The van der Waals surface area contributed by atoms with Gasteiger partial charge in [0.25, 0.3) is 5.91 Å². The van der Waals surface area contributed by atoms with Gasteiger partial charge in [0.2, 0.25) is 0 Å². The maximum atomic E-state index is 12.1. The summed E-state index contributed by atoms with van der Waals surface area (Å²) in [6, 6.07) is 5.83. The molecule has 0 spiro atoms. The van der Waals surface area contributed by atoms with Crippen molar-refractivity contribution in [2.24, 2.45) is 0 Å². The molecule has 0 aliphatic rings. The maximum absolute atomic E-state index is 12.1. The highest BCUT2D eigenvalue weighted by Gasteiger charge is 2.13. The van der Waals surface area contributed by atoms with Gasteiger partial charge in [-0.3, -0.25) is 9.59 Å². The van der Waals surface area contributed by atoms with E-state index in [0.717, 1.165) is 17.4 Å². The molecule has 5 nitrogen and oxygen atoms in total. The summed E-state index contributed by atoms with van der Waals surface area (Å²) in [5, 5.41) is 12.2. The first-order valence-corrected chi connectivity index (χ1v) is 7.12. The predicted octanol–water partition coefficient (Wildman–Crippen LogP) is 2.98. The molecule has 1 aromatic heterocycles. The minimum atomic E-state index is -0.811. The van der Waals surface area contributed by atoms with Gasteiger partial charge in [-0.05, 0) is 37.0 Å². The molecule has 5 heteroatoms. The van der Waals surface area contributed by atoms with Gasteiger partial charge >= 0.3 is 5.97 Å². The lowest BCUT2D eigenvalue weighted by molar-refractivity contribution is -0.137. The van der Waals surface area contributed by atoms with E-state index in [9.17, 15) is 9.59 Å². The van der Waals surface area contributed by atoms with Crippen molar-refractivity contribution in [3.63, 3.8) is 0 Å². The van der Waals surface area contributed by atoms with Crippen LogP contribution < -0.4 is 5.32 Å². The first-order valence-electron chi connectivity index (χ1n) is 7.12. The fraction of sp³-hybridized carbons (Fsp3) is 0.375. The molecule has 2 N–H and O–H groups in total. The minimum absolute atomic E-state index is 0.129. The average Bonchev–Trinajstić information content (AvgIpc) is 2.89. The van der Waals surface area contributed by atoms with Crippen molar-refractivity contribution in [3.05, 3.63) is 35.6 Å². The van der Waals surface area contributed by atoms with Crippen LogP contribution in [-0.4, -0.2) is 23.5 Å². The Morgan fingerprint density at radius 3 is 2.81 bits per heavy atom. The van der Waals surface area contributed by atoms with Gasteiger partial charge < -0.3 is 14.8 Å². The molecule has 0 fully saturated rings. The highest BCUT2D eigenvalue weighted by molar-refractivity contribution is 6.06. The lowest BCUT2D eigenvalue weighted by atomic mass is 10.1. The van der Waals surface area contributed by atoms with Crippen molar-refractivity contribution in [1.29, 1.82) is 0 Å².